The number of likely N-dealkylation sites (tertiary alicyclic amines) is 1. The van der Waals surface area contributed by atoms with E-state index in [-0.39, 0.29) is 11.8 Å². The van der Waals surface area contributed by atoms with Gasteiger partial charge in [0.1, 0.15) is 0 Å². The molecular weight excluding hydrogens is 335 g/mol. The molecule has 126 valence electrons. The molecule has 1 heterocycles. The highest BCUT2D eigenvalue weighted by Gasteiger charge is 2.21. The summed E-state index contributed by atoms with van der Waals surface area (Å²) in [6.07, 6.45) is 2.40. The fourth-order valence-corrected chi connectivity index (χ4v) is 3.30. The smallest absolute Gasteiger partial charge is 0.224 e. The Morgan fingerprint density at radius 2 is 1.74 bits per heavy atom. The normalized spacial score (nSPS) is 15.6. The molecule has 0 N–H and O–H groups in total. The van der Waals surface area contributed by atoms with Crippen molar-refractivity contribution in [2.45, 2.75) is 33.1 Å². The summed E-state index contributed by atoms with van der Waals surface area (Å²) in [6, 6.07) is 4.98. The summed E-state index contributed by atoms with van der Waals surface area (Å²) >= 11 is 12.0. The maximum Gasteiger partial charge on any atom is 0.224 e. The SMILES string of the molecule is CC(=O)N(CCC(=O)N1CCC(C)CC1)c1cc(Cl)cc(Cl)c1. The first kappa shape index (κ1) is 18.1. The maximum atomic E-state index is 12.3. The molecule has 2 amide bonds. The predicted octanol–water partition coefficient (Wildman–Crippen LogP) is 3.99. The quantitative estimate of drug-likeness (QED) is 0.817. The van der Waals surface area contributed by atoms with Crippen molar-refractivity contribution < 1.29 is 9.59 Å². The summed E-state index contributed by atoms with van der Waals surface area (Å²) in [7, 11) is 0. The second kappa shape index (κ2) is 8.02. The summed E-state index contributed by atoms with van der Waals surface area (Å²) < 4.78 is 0. The van der Waals surface area contributed by atoms with E-state index in [4.69, 9.17) is 23.2 Å². The molecule has 0 aliphatic carbocycles. The van der Waals surface area contributed by atoms with Gasteiger partial charge in [-0.3, -0.25) is 9.59 Å². The molecule has 1 aromatic rings. The Morgan fingerprint density at radius 1 is 1.17 bits per heavy atom. The molecule has 0 unspecified atom stereocenters. The molecule has 23 heavy (non-hydrogen) atoms. The zero-order chi connectivity index (χ0) is 17.0. The standard InChI is InChI=1S/C17H22Cl2N2O2/c1-12-3-6-20(7-4-12)17(23)5-8-21(13(2)22)16-10-14(18)9-15(19)11-16/h9-12H,3-8H2,1-2H3. The Morgan fingerprint density at radius 3 is 2.26 bits per heavy atom. The molecule has 1 aromatic carbocycles. The van der Waals surface area contributed by atoms with Crippen molar-refractivity contribution in [3.63, 3.8) is 0 Å². The van der Waals surface area contributed by atoms with Crippen LogP contribution in [0.3, 0.4) is 0 Å². The fraction of sp³-hybridized carbons (Fsp3) is 0.529. The molecule has 2 rings (SSSR count). The predicted molar refractivity (Wildman–Crippen MR) is 94.1 cm³/mol. The molecule has 1 fully saturated rings. The number of carbonyl (C=O) groups excluding carboxylic acids is 2. The van der Waals surface area contributed by atoms with Gasteiger partial charge in [-0.25, -0.2) is 0 Å². The van der Waals surface area contributed by atoms with Crippen LogP contribution in [0.5, 0.6) is 0 Å². The Hall–Kier alpha value is -1.26. The average molecular weight is 357 g/mol. The minimum atomic E-state index is -0.136. The van der Waals surface area contributed by atoms with Gasteiger partial charge in [-0.05, 0) is 37.0 Å². The van der Waals surface area contributed by atoms with Gasteiger partial charge >= 0.3 is 0 Å². The summed E-state index contributed by atoms with van der Waals surface area (Å²) in [4.78, 5) is 27.7. The Balaban J connectivity index is 2.00. The Labute approximate surface area is 147 Å². The van der Waals surface area contributed by atoms with Crippen molar-refractivity contribution in [1.82, 2.24) is 4.90 Å². The van der Waals surface area contributed by atoms with E-state index in [0.29, 0.717) is 34.6 Å². The van der Waals surface area contributed by atoms with E-state index < -0.39 is 0 Å². The number of benzene rings is 1. The van der Waals surface area contributed by atoms with Crippen LogP contribution in [-0.4, -0.2) is 36.3 Å². The molecular formula is C17H22Cl2N2O2. The summed E-state index contributed by atoms with van der Waals surface area (Å²) in [6.45, 7) is 5.63. The highest BCUT2D eigenvalue weighted by molar-refractivity contribution is 6.35. The van der Waals surface area contributed by atoms with Crippen LogP contribution in [0, 0.1) is 5.92 Å². The van der Waals surface area contributed by atoms with Crippen LogP contribution < -0.4 is 4.90 Å². The first-order valence-electron chi connectivity index (χ1n) is 7.89. The fourth-order valence-electron chi connectivity index (χ4n) is 2.79. The lowest BCUT2D eigenvalue weighted by Crippen LogP contribution is -2.40. The van der Waals surface area contributed by atoms with E-state index in [1.165, 1.54) is 6.92 Å². The minimum Gasteiger partial charge on any atom is -0.343 e. The highest BCUT2D eigenvalue weighted by atomic mass is 35.5. The van der Waals surface area contributed by atoms with Crippen molar-refractivity contribution in [2.24, 2.45) is 5.92 Å². The zero-order valence-corrected chi connectivity index (χ0v) is 15.0. The average Bonchev–Trinajstić information content (AvgIpc) is 2.46. The molecule has 0 spiro atoms. The zero-order valence-electron chi connectivity index (χ0n) is 13.5. The maximum absolute atomic E-state index is 12.3. The van der Waals surface area contributed by atoms with Crippen molar-refractivity contribution in [3.8, 4) is 0 Å². The molecule has 1 aliphatic rings. The number of hydrogen-bond donors (Lipinski definition) is 0. The van der Waals surface area contributed by atoms with Gasteiger partial charge in [0.25, 0.3) is 0 Å². The van der Waals surface area contributed by atoms with Crippen LogP contribution in [-0.2, 0) is 9.59 Å². The van der Waals surface area contributed by atoms with Crippen LogP contribution in [0.1, 0.15) is 33.1 Å². The van der Waals surface area contributed by atoms with E-state index in [1.807, 2.05) is 4.90 Å². The van der Waals surface area contributed by atoms with Crippen molar-refractivity contribution >= 4 is 40.7 Å². The van der Waals surface area contributed by atoms with Gasteiger partial charge in [0, 0.05) is 48.7 Å². The number of rotatable bonds is 4. The number of halogens is 2. The first-order valence-corrected chi connectivity index (χ1v) is 8.64. The Bertz CT molecular complexity index is 564. The van der Waals surface area contributed by atoms with E-state index in [1.54, 1.807) is 23.1 Å². The van der Waals surface area contributed by atoms with Gasteiger partial charge in [0.2, 0.25) is 11.8 Å². The molecule has 1 saturated heterocycles. The number of carbonyl (C=O) groups is 2. The van der Waals surface area contributed by atoms with E-state index >= 15 is 0 Å². The van der Waals surface area contributed by atoms with Gasteiger partial charge < -0.3 is 9.80 Å². The van der Waals surface area contributed by atoms with Crippen LogP contribution in [0.25, 0.3) is 0 Å². The summed E-state index contributed by atoms with van der Waals surface area (Å²) in [5, 5.41) is 0.935. The third kappa shape index (κ3) is 5.11. The van der Waals surface area contributed by atoms with Crippen LogP contribution in [0.2, 0.25) is 10.0 Å². The third-order valence-corrected chi connectivity index (χ3v) is 4.66. The second-order valence-corrected chi connectivity index (χ2v) is 6.98. The first-order chi connectivity index (χ1) is 10.9. The monoisotopic (exact) mass is 356 g/mol. The number of anilines is 1. The lowest BCUT2D eigenvalue weighted by atomic mass is 9.99. The van der Waals surface area contributed by atoms with Gasteiger partial charge in [-0.15, -0.1) is 0 Å². The molecule has 0 saturated carbocycles. The number of hydrogen-bond acceptors (Lipinski definition) is 2. The van der Waals surface area contributed by atoms with Crippen molar-refractivity contribution in [3.05, 3.63) is 28.2 Å². The summed E-state index contributed by atoms with van der Waals surface area (Å²) in [5.41, 5.74) is 0.620. The van der Waals surface area contributed by atoms with Crippen molar-refractivity contribution in [2.75, 3.05) is 24.5 Å². The van der Waals surface area contributed by atoms with Gasteiger partial charge in [0.15, 0.2) is 0 Å². The lowest BCUT2D eigenvalue weighted by Gasteiger charge is -2.31. The van der Waals surface area contributed by atoms with Gasteiger partial charge in [0.05, 0.1) is 0 Å². The number of nitrogens with zero attached hydrogens (tertiary/aromatic N) is 2. The van der Waals surface area contributed by atoms with Crippen molar-refractivity contribution in [1.29, 1.82) is 0 Å². The molecule has 1 aliphatic heterocycles. The van der Waals surface area contributed by atoms with Crippen LogP contribution >= 0.6 is 23.2 Å². The number of piperidine rings is 1. The van der Waals surface area contributed by atoms with Gasteiger partial charge in [-0.1, -0.05) is 30.1 Å². The molecule has 0 atom stereocenters. The van der Waals surface area contributed by atoms with Gasteiger partial charge in [-0.2, -0.15) is 0 Å². The number of amides is 2. The molecule has 0 aromatic heterocycles. The van der Waals surface area contributed by atoms with Crippen LogP contribution in [0.15, 0.2) is 18.2 Å². The van der Waals surface area contributed by atoms with E-state index in [2.05, 4.69) is 6.92 Å². The lowest BCUT2D eigenvalue weighted by molar-refractivity contribution is -0.132. The second-order valence-electron chi connectivity index (χ2n) is 6.11. The topological polar surface area (TPSA) is 40.6 Å². The van der Waals surface area contributed by atoms with E-state index in [0.717, 1.165) is 25.9 Å². The highest BCUT2D eigenvalue weighted by Crippen LogP contribution is 2.26. The molecule has 0 radical (unpaired) electrons. The van der Waals surface area contributed by atoms with Crippen LogP contribution in [0.4, 0.5) is 5.69 Å². The molecule has 0 bridgehead atoms. The third-order valence-electron chi connectivity index (χ3n) is 4.22. The van der Waals surface area contributed by atoms with E-state index in [9.17, 15) is 9.59 Å². The minimum absolute atomic E-state index is 0.0938. The molecule has 4 nitrogen and oxygen atoms in total. The largest absolute Gasteiger partial charge is 0.343 e. The molecule has 6 heteroatoms. The summed E-state index contributed by atoms with van der Waals surface area (Å²) in [5.74, 6) is 0.640. The Kier molecular flexibility index (Phi) is 6.31.